The Hall–Kier alpha value is -4.07. The van der Waals surface area contributed by atoms with Crippen molar-refractivity contribution in [2.75, 3.05) is 5.75 Å². The Bertz CT molecular complexity index is 1400. The number of benzene rings is 4. The number of urea groups is 1. The van der Waals surface area contributed by atoms with Gasteiger partial charge in [-0.2, -0.15) is 11.8 Å². The summed E-state index contributed by atoms with van der Waals surface area (Å²) in [6, 6.07) is 31.2. The summed E-state index contributed by atoms with van der Waals surface area (Å²) in [7, 11) is 0. The number of carboxylic acid groups (broad SMARTS) is 1. The van der Waals surface area contributed by atoms with Crippen molar-refractivity contribution in [3.8, 4) is 11.1 Å². The van der Waals surface area contributed by atoms with E-state index in [4.69, 9.17) is 11.6 Å². The largest absolute Gasteiger partial charge is 0.480 e. The first kappa shape index (κ1) is 28.0. The lowest BCUT2D eigenvalue weighted by molar-refractivity contribution is -0.138. The second-order valence-electron chi connectivity index (χ2n) is 8.80. The zero-order valence-corrected chi connectivity index (χ0v) is 22.6. The van der Waals surface area contributed by atoms with Gasteiger partial charge < -0.3 is 10.4 Å². The number of aliphatic carboxylic acids is 1. The minimum atomic E-state index is -1.17. The van der Waals surface area contributed by atoms with Crippen molar-refractivity contribution < 1.29 is 19.5 Å². The van der Waals surface area contributed by atoms with Crippen LogP contribution in [0.25, 0.3) is 11.1 Å². The molecule has 6 nitrogen and oxygen atoms in total. The van der Waals surface area contributed by atoms with Gasteiger partial charge in [-0.05, 0) is 46.5 Å². The molecule has 0 radical (unpaired) electrons. The lowest BCUT2D eigenvalue weighted by atomic mass is 10.0. The number of hydrogen-bond acceptors (Lipinski definition) is 4. The summed E-state index contributed by atoms with van der Waals surface area (Å²) in [6.45, 7) is -0.0498. The molecule has 0 fully saturated rings. The minimum absolute atomic E-state index is 0.0498. The number of hydrogen-bond donors (Lipinski definition) is 2. The second kappa shape index (κ2) is 13.6. The standard InChI is InChI=1S/C31H27ClN2O4S/c32-27-17-11-22(12-18-27)19-34(29(35)26-15-13-25(14-16-26)24-9-5-2-6-10-24)31(38)33-28(30(36)37)21-39-20-23-7-3-1-4-8-23/h1-18,28H,19-21H2,(H,33,38)(H,36,37)/t28-/m0/s1. The topological polar surface area (TPSA) is 86.7 Å². The molecule has 0 bridgehead atoms. The normalized spacial score (nSPS) is 11.4. The lowest BCUT2D eigenvalue weighted by Gasteiger charge is -2.24. The number of nitrogens with zero attached hydrogens (tertiary/aromatic N) is 1. The number of halogens is 1. The van der Waals surface area contributed by atoms with Gasteiger partial charge >= 0.3 is 12.0 Å². The number of thioether (sulfide) groups is 1. The van der Waals surface area contributed by atoms with Crippen LogP contribution < -0.4 is 5.32 Å². The molecular weight excluding hydrogens is 532 g/mol. The molecule has 0 saturated carbocycles. The predicted molar refractivity (Wildman–Crippen MR) is 156 cm³/mol. The molecule has 0 aliphatic rings. The van der Waals surface area contributed by atoms with Crippen molar-refractivity contribution in [1.29, 1.82) is 0 Å². The molecule has 0 saturated heterocycles. The summed E-state index contributed by atoms with van der Waals surface area (Å²) >= 11 is 7.40. The number of carbonyl (C=O) groups excluding carboxylic acids is 2. The maximum atomic E-state index is 13.5. The van der Waals surface area contributed by atoms with E-state index in [-0.39, 0.29) is 12.3 Å². The molecule has 0 aliphatic heterocycles. The van der Waals surface area contributed by atoms with Crippen molar-refractivity contribution >= 4 is 41.3 Å². The van der Waals surface area contributed by atoms with Gasteiger partial charge in [-0.25, -0.2) is 9.59 Å². The molecular formula is C31H27ClN2O4S. The Morgan fingerprint density at radius 2 is 1.36 bits per heavy atom. The van der Waals surface area contributed by atoms with Crippen LogP contribution in [0.4, 0.5) is 4.79 Å². The van der Waals surface area contributed by atoms with Crippen LogP contribution in [-0.4, -0.2) is 39.7 Å². The highest BCUT2D eigenvalue weighted by molar-refractivity contribution is 7.98. The summed E-state index contributed by atoms with van der Waals surface area (Å²) in [5.74, 6) is -0.968. The highest BCUT2D eigenvalue weighted by Crippen LogP contribution is 2.21. The van der Waals surface area contributed by atoms with E-state index in [9.17, 15) is 19.5 Å². The lowest BCUT2D eigenvalue weighted by Crippen LogP contribution is -2.50. The van der Waals surface area contributed by atoms with Crippen molar-refractivity contribution in [2.45, 2.75) is 18.3 Å². The molecule has 39 heavy (non-hydrogen) atoms. The third-order valence-corrected chi connectivity index (χ3v) is 7.33. The summed E-state index contributed by atoms with van der Waals surface area (Å²) in [6.07, 6.45) is 0. The average Bonchev–Trinajstić information content (AvgIpc) is 2.97. The van der Waals surface area contributed by atoms with Gasteiger partial charge in [-0.3, -0.25) is 9.69 Å². The number of rotatable bonds is 10. The van der Waals surface area contributed by atoms with Crippen LogP contribution in [-0.2, 0) is 17.1 Å². The van der Waals surface area contributed by atoms with Gasteiger partial charge in [0.15, 0.2) is 0 Å². The molecule has 0 heterocycles. The van der Waals surface area contributed by atoms with Gasteiger partial charge in [0.05, 0.1) is 6.54 Å². The third-order valence-electron chi connectivity index (χ3n) is 5.98. The van der Waals surface area contributed by atoms with Crippen LogP contribution in [0.3, 0.4) is 0 Å². The molecule has 4 rings (SSSR count). The molecule has 0 unspecified atom stereocenters. The SMILES string of the molecule is O=C(O)[C@H](CSCc1ccccc1)NC(=O)N(Cc1ccc(Cl)cc1)C(=O)c1ccc(-c2ccccc2)cc1. The molecule has 0 aromatic heterocycles. The molecule has 198 valence electrons. The molecule has 4 aromatic carbocycles. The molecule has 1 atom stereocenters. The molecule has 2 N–H and O–H groups in total. The van der Waals surface area contributed by atoms with E-state index in [1.54, 1.807) is 36.4 Å². The average molecular weight is 559 g/mol. The van der Waals surface area contributed by atoms with Gasteiger partial charge in [0, 0.05) is 22.1 Å². The van der Waals surface area contributed by atoms with E-state index < -0.39 is 23.9 Å². The highest BCUT2D eigenvalue weighted by Gasteiger charge is 2.28. The highest BCUT2D eigenvalue weighted by atomic mass is 35.5. The fraction of sp³-hybridized carbons (Fsp3) is 0.129. The van der Waals surface area contributed by atoms with E-state index in [1.165, 1.54) is 11.8 Å². The van der Waals surface area contributed by atoms with E-state index in [0.29, 0.717) is 21.9 Å². The molecule has 0 spiro atoms. The maximum absolute atomic E-state index is 13.5. The van der Waals surface area contributed by atoms with Crippen LogP contribution in [0.5, 0.6) is 0 Å². The van der Waals surface area contributed by atoms with Crippen molar-refractivity contribution in [3.05, 3.63) is 131 Å². The first-order valence-corrected chi connectivity index (χ1v) is 13.8. The van der Waals surface area contributed by atoms with Gasteiger partial charge in [0.25, 0.3) is 5.91 Å². The number of imide groups is 1. The van der Waals surface area contributed by atoms with E-state index >= 15 is 0 Å². The Labute approximate surface area is 236 Å². The van der Waals surface area contributed by atoms with Crippen LogP contribution in [0.2, 0.25) is 5.02 Å². The molecule has 4 aromatic rings. The summed E-state index contributed by atoms with van der Waals surface area (Å²) in [5.41, 5.74) is 3.97. The smallest absolute Gasteiger partial charge is 0.327 e. The fourth-order valence-electron chi connectivity index (χ4n) is 3.87. The predicted octanol–water partition coefficient (Wildman–Crippen LogP) is 6.75. The Kier molecular flexibility index (Phi) is 9.78. The number of carboxylic acids is 1. The van der Waals surface area contributed by atoms with Gasteiger partial charge in [-0.15, -0.1) is 0 Å². The van der Waals surface area contributed by atoms with Gasteiger partial charge in [0.1, 0.15) is 6.04 Å². The number of carbonyl (C=O) groups is 3. The van der Waals surface area contributed by atoms with Crippen molar-refractivity contribution in [2.24, 2.45) is 0 Å². The Morgan fingerprint density at radius 1 is 0.769 bits per heavy atom. The molecule has 0 aliphatic carbocycles. The van der Waals surface area contributed by atoms with Gasteiger partial charge in [0.2, 0.25) is 0 Å². The number of amides is 3. The van der Waals surface area contributed by atoms with Crippen LogP contribution in [0.15, 0.2) is 109 Å². The molecule has 8 heteroatoms. The quantitative estimate of drug-likeness (QED) is 0.225. The maximum Gasteiger partial charge on any atom is 0.327 e. The second-order valence-corrected chi connectivity index (χ2v) is 10.3. The summed E-state index contributed by atoms with van der Waals surface area (Å²) < 4.78 is 0. The molecule has 3 amide bonds. The van der Waals surface area contributed by atoms with Crippen LogP contribution in [0.1, 0.15) is 21.5 Å². The Balaban J connectivity index is 1.51. The van der Waals surface area contributed by atoms with E-state index in [0.717, 1.165) is 21.6 Å². The minimum Gasteiger partial charge on any atom is -0.480 e. The zero-order chi connectivity index (χ0) is 27.6. The van der Waals surface area contributed by atoms with Crippen molar-refractivity contribution in [1.82, 2.24) is 10.2 Å². The van der Waals surface area contributed by atoms with Crippen LogP contribution >= 0.6 is 23.4 Å². The van der Waals surface area contributed by atoms with Crippen molar-refractivity contribution in [3.63, 3.8) is 0 Å². The number of nitrogens with one attached hydrogen (secondary N) is 1. The first-order chi connectivity index (χ1) is 18.9. The Morgan fingerprint density at radius 3 is 1.97 bits per heavy atom. The zero-order valence-electron chi connectivity index (χ0n) is 21.0. The first-order valence-electron chi connectivity index (χ1n) is 12.3. The van der Waals surface area contributed by atoms with Gasteiger partial charge in [-0.1, -0.05) is 96.5 Å². The van der Waals surface area contributed by atoms with Crippen LogP contribution in [0, 0.1) is 0 Å². The van der Waals surface area contributed by atoms with E-state index in [2.05, 4.69) is 5.32 Å². The summed E-state index contributed by atoms with van der Waals surface area (Å²) in [5, 5.41) is 12.8. The van der Waals surface area contributed by atoms with E-state index in [1.807, 2.05) is 72.8 Å². The summed E-state index contributed by atoms with van der Waals surface area (Å²) in [4.78, 5) is 39.9. The monoisotopic (exact) mass is 558 g/mol. The third kappa shape index (κ3) is 7.96. The fourth-order valence-corrected chi connectivity index (χ4v) is 5.00.